The Kier molecular flexibility index (Phi) is 3.53. The minimum Gasteiger partial charge on any atom is -0.496 e. The number of methoxy groups -OCH3 is 1. The van der Waals surface area contributed by atoms with Gasteiger partial charge in [0.25, 0.3) is 0 Å². The Labute approximate surface area is 153 Å². The maximum Gasteiger partial charge on any atom is 0.212 e. The van der Waals surface area contributed by atoms with Gasteiger partial charge in [0.2, 0.25) is 5.16 Å². The van der Waals surface area contributed by atoms with E-state index < -0.39 is 0 Å². The van der Waals surface area contributed by atoms with Gasteiger partial charge in [0.05, 0.1) is 12.7 Å². The summed E-state index contributed by atoms with van der Waals surface area (Å²) in [6.45, 7) is 0. The van der Waals surface area contributed by atoms with Gasteiger partial charge < -0.3 is 9.15 Å². The number of ether oxygens (including phenoxy) is 1. The van der Waals surface area contributed by atoms with E-state index in [1.54, 1.807) is 23.5 Å². The molecule has 5 rings (SSSR count). The molecular weight excluding hydrogens is 348 g/mol. The summed E-state index contributed by atoms with van der Waals surface area (Å²) in [5, 5.41) is 15.2. The van der Waals surface area contributed by atoms with Gasteiger partial charge in [-0.25, -0.2) is 0 Å². The number of hydrogen-bond acceptors (Lipinski definition) is 6. The Bertz CT molecular complexity index is 1110. The fraction of sp³-hybridized carbons (Fsp3) is 0.105. The van der Waals surface area contributed by atoms with Crippen LogP contribution >= 0.6 is 11.8 Å². The van der Waals surface area contributed by atoms with E-state index in [4.69, 9.17) is 14.3 Å². The number of nitrogens with zero attached hydrogens (tertiary/aromatic N) is 4. The molecule has 2 aromatic carbocycles. The molecule has 0 unspecified atom stereocenters. The maximum absolute atomic E-state index is 5.97. The van der Waals surface area contributed by atoms with Crippen LogP contribution in [0.4, 0.5) is 0 Å². The zero-order valence-electron chi connectivity index (χ0n) is 13.9. The Morgan fingerprint density at radius 2 is 1.92 bits per heavy atom. The summed E-state index contributed by atoms with van der Waals surface area (Å²) in [5.74, 6) is 2.84. The minimum atomic E-state index is 0.651. The number of furan rings is 1. The molecule has 0 spiro atoms. The third-order valence-corrected chi connectivity index (χ3v) is 5.16. The number of fused-ring (bicyclic) bond motifs is 2. The Morgan fingerprint density at radius 3 is 2.81 bits per heavy atom. The van der Waals surface area contributed by atoms with Crippen molar-refractivity contribution in [1.29, 1.82) is 0 Å². The fourth-order valence-corrected chi connectivity index (χ4v) is 3.78. The first kappa shape index (κ1) is 15.2. The molecule has 7 heteroatoms. The highest BCUT2D eigenvalue weighted by atomic mass is 32.2. The van der Waals surface area contributed by atoms with E-state index in [0.29, 0.717) is 11.6 Å². The van der Waals surface area contributed by atoms with Crippen LogP contribution in [0, 0.1) is 0 Å². The van der Waals surface area contributed by atoms with Crippen molar-refractivity contribution in [2.45, 2.75) is 5.16 Å². The van der Waals surface area contributed by atoms with Crippen molar-refractivity contribution in [3.05, 3.63) is 60.4 Å². The van der Waals surface area contributed by atoms with E-state index in [2.05, 4.69) is 10.2 Å². The lowest BCUT2D eigenvalue weighted by atomic mass is 10.2. The molecule has 1 aliphatic rings. The van der Waals surface area contributed by atoms with Gasteiger partial charge in [0.15, 0.2) is 11.6 Å². The first-order chi connectivity index (χ1) is 12.8. The van der Waals surface area contributed by atoms with Gasteiger partial charge in [-0.3, -0.25) is 0 Å². The quantitative estimate of drug-likeness (QED) is 0.550. The number of benzene rings is 2. The van der Waals surface area contributed by atoms with Crippen LogP contribution in [0.15, 0.2) is 69.3 Å². The molecule has 0 bridgehead atoms. The molecule has 0 N–H and O–H groups in total. The SMILES string of the molecule is COc1ccccc1-c1nnc2n1N=C(c1cc3ccccc3o1)CS2. The van der Waals surface area contributed by atoms with Crippen LogP contribution in [0.1, 0.15) is 5.76 Å². The van der Waals surface area contributed by atoms with Gasteiger partial charge in [-0.1, -0.05) is 42.1 Å². The molecule has 0 saturated carbocycles. The van der Waals surface area contributed by atoms with Gasteiger partial charge in [0, 0.05) is 11.1 Å². The molecule has 1 aliphatic heterocycles. The molecule has 4 aromatic rings. The lowest BCUT2D eigenvalue weighted by Gasteiger charge is -2.13. The van der Waals surface area contributed by atoms with Crippen molar-refractivity contribution in [3.8, 4) is 17.1 Å². The minimum absolute atomic E-state index is 0.651. The van der Waals surface area contributed by atoms with E-state index >= 15 is 0 Å². The van der Waals surface area contributed by atoms with E-state index in [0.717, 1.165) is 38.9 Å². The maximum atomic E-state index is 5.97. The van der Waals surface area contributed by atoms with Crippen molar-refractivity contribution in [2.75, 3.05) is 12.9 Å². The molecule has 128 valence electrons. The summed E-state index contributed by atoms with van der Waals surface area (Å²) in [7, 11) is 1.64. The second kappa shape index (κ2) is 6.03. The van der Waals surface area contributed by atoms with Gasteiger partial charge in [-0.2, -0.15) is 9.78 Å². The summed E-state index contributed by atoms with van der Waals surface area (Å²) in [6.07, 6.45) is 0. The molecule has 0 amide bonds. The summed E-state index contributed by atoms with van der Waals surface area (Å²) in [4.78, 5) is 0. The lowest BCUT2D eigenvalue weighted by molar-refractivity contribution is 0.416. The number of aromatic nitrogens is 3. The normalized spacial score (nSPS) is 13.5. The second-order valence-electron chi connectivity index (χ2n) is 5.80. The number of para-hydroxylation sites is 2. The highest BCUT2D eigenvalue weighted by Gasteiger charge is 2.23. The van der Waals surface area contributed by atoms with Crippen LogP contribution in [0.2, 0.25) is 0 Å². The highest BCUT2D eigenvalue weighted by Crippen LogP contribution is 2.33. The molecule has 0 saturated heterocycles. The van der Waals surface area contributed by atoms with E-state index in [1.807, 2.05) is 54.6 Å². The molecular formula is C19H14N4O2S. The van der Waals surface area contributed by atoms with Crippen molar-refractivity contribution in [2.24, 2.45) is 5.10 Å². The summed E-state index contributed by atoms with van der Waals surface area (Å²) < 4.78 is 13.2. The molecule has 6 nitrogen and oxygen atoms in total. The third-order valence-electron chi connectivity index (χ3n) is 4.23. The van der Waals surface area contributed by atoms with Crippen LogP contribution in [-0.4, -0.2) is 33.4 Å². The zero-order chi connectivity index (χ0) is 17.5. The van der Waals surface area contributed by atoms with Gasteiger partial charge in [-0.05, 0) is 24.3 Å². The summed E-state index contributed by atoms with van der Waals surface area (Å²) in [5.41, 5.74) is 2.56. The third kappa shape index (κ3) is 2.40. The van der Waals surface area contributed by atoms with Crippen molar-refractivity contribution in [3.63, 3.8) is 0 Å². The molecule has 3 heterocycles. The van der Waals surface area contributed by atoms with Gasteiger partial charge in [0.1, 0.15) is 17.0 Å². The van der Waals surface area contributed by atoms with Crippen LogP contribution in [0.5, 0.6) is 5.75 Å². The molecule has 2 aromatic heterocycles. The largest absolute Gasteiger partial charge is 0.496 e. The van der Waals surface area contributed by atoms with E-state index in [-0.39, 0.29) is 0 Å². The van der Waals surface area contributed by atoms with Crippen LogP contribution < -0.4 is 4.74 Å². The van der Waals surface area contributed by atoms with Crippen LogP contribution in [-0.2, 0) is 0 Å². The van der Waals surface area contributed by atoms with Gasteiger partial charge in [-0.15, -0.1) is 10.2 Å². The smallest absolute Gasteiger partial charge is 0.212 e. The van der Waals surface area contributed by atoms with Crippen LogP contribution in [0.25, 0.3) is 22.4 Å². The predicted molar refractivity (Wildman–Crippen MR) is 101 cm³/mol. The van der Waals surface area contributed by atoms with Crippen molar-refractivity contribution in [1.82, 2.24) is 14.9 Å². The summed E-state index contributed by atoms with van der Waals surface area (Å²) in [6, 6.07) is 17.7. The fourth-order valence-electron chi connectivity index (χ4n) is 2.97. The lowest BCUT2D eigenvalue weighted by Crippen LogP contribution is -2.13. The summed E-state index contributed by atoms with van der Waals surface area (Å²) >= 11 is 1.59. The van der Waals surface area contributed by atoms with Crippen molar-refractivity contribution < 1.29 is 9.15 Å². The molecule has 0 atom stereocenters. The monoisotopic (exact) mass is 362 g/mol. The Morgan fingerprint density at radius 1 is 1.08 bits per heavy atom. The number of thioether (sulfide) groups is 1. The molecule has 26 heavy (non-hydrogen) atoms. The average molecular weight is 362 g/mol. The highest BCUT2D eigenvalue weighted by molar-refractivity contribution is 7.99. The topological polar surface area (TPSA) is 65.4 Å². The molecule has 0 fully saturated rings. The second-order valence-corrected chi connectivity index (χ2v) is 6.74. The first-order valence-electron chi connectivity index (χ1n) is 8.12. The first-order valence-corrected chi connectivity index (χ1v) is 9.10. The number of rotatable bonds is 3. The molecule has 0 radical (unpaired) electrons. The Hall–Kier alpha value is -3.06. The van der Waals surface area contributed by atoms with E-state index in [1.165, 1.54) is 0 Å². The van der Waals surface area contributed by atoms with E-state index in [9.17, 15) is 0 Å². The standard InChI is InChI=1S/C19H14N4O2S/c1-24-16-9-5-3-7-13(16)18-20-21-19-23(18)22-14(11-26-19)17-10-12-6-2-4-8-15(12)25-17/h2-10H,11H2,1H3. The predicted octanol–water partition coefficient (Wildman–Crippen LogP) is 4.06. The number of hydrogen-bond donors (Lipinski definition) is 0. The molecule has 0 aliphatic carbocycles. The zero-order valence-corrected chi connectivity index (χ0v) is 14.7. The van der Waals surface area contributed by atoms with Crippen molar-refractivity contribution >= 4 is 28.4 Å². The van der Waals surface area contributed by atoms with Gasteiger partial charge >= 0.3 is 0 Å². The van der Waals surface area contributed by atoms with Crippen LogP contribution in [0.3, 0.4) is 0 Å². The average Bonchev–Trinajstić information content (AvgIpc) is 3.31. The Balaban J connectivity index is 1.63.